The van der Waals surface area contributed by atoms with E-state index in [0.717, 1.165) is 12.1 Å². The molecule has 0 unspecified atom stereocenters. The third-order valence-electron chi connectivity index (χ3n) is 2.96. The lowest BCUT2D eigenvalue weighted by Crippen LogP contribution is -2.32. The first-order chi connectivity index (χ1) is 9.79. The van der Waals surface area contributed by atoms with Crippen LogP contribution in [0.25, 0.3) is 0 Å². The molecule has 1 rings (SSSR count). The summed E-state index contributed by atoms with van der Waals surface area (Å²) in [6.07, 6.45) is 0.345. The summed E-state index contributed by atoms with van der Waals surface area (Å²) in [6, 6.07) is 3.17. The molecule has 0 aliphatic carbocycles. The zero-order chi connectivity index (χ0) is 16.0. The number of halogens is 2. The van der Waals surface area contributed by atoms with Crippen LogP contribution in [0.2, 0.25) is 0 Å². The zero-order valence-corrected chi connectivity index (χ0v) is 12.7. The van der Waals surface area contributed by atoms with E-state index < -0.39 is 33.1 Å². The molecule has 0 spiro atoms. The van der Waals surface area contributed by atoms with Crippen LogP contribution in [-0.2, 0) is 10.0 Å². The lowest BCUT2D eigenvalue weighted by molar-refractivity contribution is 0.0944. The molecule has 0 fully saturated rings. The minimum Gasteiger partial charge on any atom is -0.352 e. The van der Waals surface area contributed by atoms with Crippen molar-refractivity contribution < 1.29 is 22.0 Å². The Morgan fingerprint density at radius 1 is 1.29 bits per heavy atom. The summed E-state index contributed by atoms with van der Waals surface area (Å²) in [5, 5.41) is 2.37. The van der Waals surface area contributed by atoms with Gasteiger partial charge in [-0.15, -0.1) is 0 Å². The lowest BCUT2D eigenvalue weighted by Gasteiger charge is -2.15. The van der Waals surface area contributed by atoms with E-state index in [4.69, 9.17) is 0 Å². The Morgan fingerprint density at radius 2 is 1.86 bits per heavy atom. The van der Waals surface area contributed by atoms with E-state index in [-0.39, 0.29) is 18.8 Å². The molecule has 0 aromatic heterocycles. The Balaban J connectivity index is 2.49. The zero-order valence-electron chi connectivity index (χ0n) is 11.9. The van der Waals surface area contributed by atoms with Gasteiger partial charge in [0.2, 0.25) is 10.0 Å². The third kappa shape index (κ3) is 4.75. The number of hydrogen-bond donors (Lipinski definition) is 1. The molecule has 0 aliphatic heterocycles. The number of nitrogens with zero attached hydrogens (tertiary/aromatic N) is 1. The van der Waals surface area contributed by atoms with Crippen LogP contribution < -0.4 is 5.32 Å². The van der Waals surface area contributed by atoms with E-state index in [1.165, 1.54) is 24.3 Å². The monoisotopic (exact) mass is 320 g/mol. The van der Waals surface area contributed by atoms with Gasteiger partial charge in [-0.05, 0) is 25.5 Å². The average Bonchev–Trinajstić information content (AvgIpc) is 2.43. The van der Waals surface area contributed by atoms with E-state index in [2.05, 4.69) is 5.32 Å². The lowest BCUT2D eigenvalue weighted by atomic mass is 10.2. The molecule has 0 saturated carbocycles. The average molecular weight is 320 g/mol. The maximum atomic E-state index is 13.4. The Kier molecular flexibility index (Phi) is 6.22. The maximum Gasteiger partial charge on any atom is 0.257 e. The van der Waals surface area contributed by atoms with Crippen LogP contribution in [0.4, 0.5) is 8.78 Å². The van der Waals surface area contributed by atoms with Crippen LogP contribution in [0, 0.1) is 11.6 Å². The number of nitrogens with one attached hydrogen (secondary N) is 1. The van der Waals surface area contributed by atoms with Gasteiger partial charge in [0, 0.05) is 20.1 Å². The second kappa shape index (κ2) is 7.46. The molecule has 1 amide bonds. The van der Waals surface area contributed by atoms with Gasteiger partial charge < -0.3 is 5.32 Å². The minimum atomic E-state index is -3.26. The predicted molar refractivity (Wildman–Crippen MR) is 75.4 cm³/mol. The van der Waals surface area contributed by atoms with Gasteiger partial charge in [0.15, 0.2) is 0 Å². The Morgan fingerprint density at radius 3 is 2.38 bits per heavy atom. The van der Waals surface area contributed by atoms with Gasteiger partial charge in [-0.2, -0.15) is 0 Å². The topological polar surface area (TPSA) is 66.5 Å². The second-order valence-corrected chi connectivity index (χ2v) is 6.79. The number of carbonyl (C=O) groups is 1. The van der Waals surface area contributed by atoms with Gasteiger partial charge in [-0.25, -0.2) is 21.5 Å². The van der Waals surface area contributed by atoms with Crippen LogP contribution in [0.15, 0.2) is 18.2 Å². The number of sulfonamides is 1. The highest BCUT2D eigenvalue weighted by atomic mass is 32.2. The third-order valence-corrected chi connectivity index (χ3v) is 4.83. The molecule has 118 valence electrons. The van der Waals surface area contributed by atoms with Crippen molar-refractivity contribution >= 4 is 15.9 Å². The predicted octanol–water partition coefficient (Wildman–Crippen LogP) is 1.37. The maximum absolute atomic E-state index is 13.4. The Bertz CT molecular complexity index is 585. The van der Waals surface area contributed by atoms with E-state index in [1.54, 1.807) is 0 Å². The first-order valence-electron chi connectivity index (χ1n) is 6.45. The van der Waals surface area contributed by atoms with Crippen LogP contribution in [0.1, 0.15) is 23.7 Å². The summed E-state index contributed by atoms with van der Waals surface area (Å²) >= 11 is 0. The molecule has 0 aliphatic rings. The molecule has 1 aromatic carbocycles. The number of benzene rings is 1. The highest BCUT2D eigenvalue weighted by Gasteiger charge is 2.17. The van der Waals surface area contributed by atoms with Crippen molar-refractivity contribution in [1.29, 1.82) is 0 Å². The first-order valence-corrected chi connectivity index (χ1v) is 8.06. The molecule has 1 N–H and O–H groups in total. The molecule has 0 atom stereocenters. The molecular formula is C13H18F2N2O3S. The number of carbonyl (C=O) groups excluding carboxylic acids is 1. The van der Waals surface area contributed by atoms with E-state index in [0.29, 0.717) is 6.42 Å². The molecule has 21 heavy (non-hydrogen) atoms. The number of rotatable bonds is 7. The van der Waals surface area contributed by atoms with Crippen LogP contribution in [0.3, 0.4) is 0 Å². The molecule has 5 nitrogen and oxygen atoms in total. The molecule has 0 bridgehead atoms. The summed E-state index contributed by atoms with van der Waals surface area (Å²) in [4.78, 5) is 11.7. The molecular weight excluding hydrogens is 302 g/mol. The van der Waals surface area contributed by atoms with Gasteiger partial charge in [0.05, 0.1) is 5.75 Å². The smallest absolute Gasteiger partial charge is 0.257 e. The van der Waals surface area contributed by atoms with E-state index >= 15 is 0 Å². The highest BCUT2D eigenvalue weighted by molar-refractivity contribution is 7.89. The Labute approximate surface area is 123 Å². The SMILES string of the molecule is CCS(=O)(=O)N(C)CCCNC(=O)c1c(F)cccc1F. The fourth-order valence-electron chi connectivity index (χ4n) is 1.67. The normalized spacial score (nSPS) is 11.7. The van der Waals surface area contributed by atoms with Gasteiger partial charge >= 0.3 is 0 Å². The van der Waals surface area contributed by atoms with Gasteiger partial charge in [0.25, 0.3) is 5.91 Å². The largest absolute Gasteiger partial charge is 0.352 e. The number of amides is 1. The summed E-state index contributed by atoms with van der Waals surface area (Å²) < 4.78 is 50.8. The van der Waals surface area contributed by atoms with Crippen LogP contribution >= 0.6 is 0 Å². The van der Waals surface area contributed by atoms with E-state index in [1.807, 2.05) is 0 Å². The summed E-state index contributed by atoms with van der Waals surface area (Å²) in [5.41, 5.74) is -0.632. The summed E-state index contributed by atoms with van der Waals surface area (Å²) in [5.74, 6) is -2.72. The van der Waals surface area contributed by atoms with Crippen LogP contribution in [-0.4, -0.2) is 44.5 Å². The van der Waals surface area contributed by atoms with Gasteiger partial charge in [-0.1, -0.05) is 6.07 Å². The van der Waals surface area contributed by atoms with E-state index in [9.17, 15) is 22.0 Å². The van der Waals surface area contributed by atoms with Gasteiger partial charge in [0.1, 0.15) is 17.2 Å². The van der Waals surface area contributed by atoms with Crippen molar-refractivity contribution in [1.82, 2.24) is 9.62 Å². The van der Waals surface area contributed by atoms with Crippen LogP contribution in [0.5, 0.6) is 0 Å². The van der Waals surface area contributed by atoms with Crippen molar-refractivity contribution in [2.24, 2.45) is 0 Å². The fourth-order valence-corrected chi connectivity index (χ4v) is 2.51. The molecule has 8 heteroatoms. The van der Waals surface area contributed by atoms with Crippen molar-refractivity contribution in [2.75, 3.05) is 25.9 Å². The number of hydrogen-bond acceptors (Lipinski definition) is 3. The van der Waals surface area contributed by atoms with Crippen molar-refractivity contribution in [3.63, 3.8) is 0 Å². The first kappa shape index (κ1) is 17.5. The molecule has 1 aromatic rings. The van der Waals surface area contributed by atoms with Crippen molar-refractivity contribution in [2.45, 2.75) is 13.3 Å². The van der Waals surface area contributed by atoms with Crippen molar-refractivity contribution in [3.8, 4) is 0 Å². The molecule has 0 saturated heterocycles. The molecule has 0 heterocycles. The molecule has 0 radical (unpaired) electrons. The van der Waals surface area contributed by atoms with Crippen molar-refractivity contribution in [3.05, 3.63) is 35.4 Å². The summed E-state index contributed by atoms with van der Waals surface area (Å²) in [7, 11) is -1.82. The van der Waals surface area contributed by atoms with Gasteiger partial charge in [-0.3, -0.25) is 4.79 Å². The highest BCUT2D eigenvalue weighted by Crippen LogP contribution is 2.11. The minimum absolute atomic E-state index is 0.00367. The fraction of sp³-hybridized carbons (Fsp3) is 0.462. The quantitative estimate of drug-likeness (QED) is 0.772. The second-order valence-electron chi connectivity index (χ2n) is 4.43. The standard InChI is InChI=1S/C13H18F2N2O3S/c1-3-21(19,20)17(2)9-5-8-16-13(18)12-10(14)6-4-7-11(12)15/h4,6-7H,3,5,8-9H2,1-2H3,(H,16,18). The Hall–Kier alpha value is -1.54. The summed E-state index contributed by atoms with van der Waals surface area (Å²) in [6.45, 7) is 1.88.